The smallest absolute Gasteiger partial charge is 0.310 e. The van der Waals surface area contributed by atoms with Crippen LogP contribution in [0.5, 0.6) is 5.88 Å². The fraction of sp³-hybridized carbons (Fsp3) is 0.618. The van der Waals surface area contributed by atoms with Crippen LogP contribution in [0.3, 0.4) is 0 Å². The number of fused-ring (bicyclic) bond motifs is 1. The zero-order valence-corrected chi connectivity index (χ0v) is 26.7. The molecule has 43 heavy (non-hydrogen) atoms. The number of carboxylic acids is 1. The van der Waals surface area contributed by atoms with Gasteiger partial charge in [-0.1, -0.05) is 51.8 Å². The van der Waals surface area contributed by atoms with Crippen LogP contribution < -0.4 is 4.74 Å². The maximum Gasteiger partial charge on any atom is 0.310 e. The number of nitrogens with zero attached hydrogens (tertiary/aromatic N) is 2. The van der Waals surface area contributed by atoms with Gasteiger partial charge in [0.05, 0.1) is 30.3 Å². The summed E-state index contributed by atoms with van der Waals surface area (Å²) in [5.41, 5.74) is -1.30. The first kappa shape index (κ1) is 32.4. The van der Waals surface area contributed by atoms with Crippen molar-refractivity contribution in [2.24, 2.45) is 22.7 Å². The molecule has 1 saturated heterocycles. The van der Waals surface area contributed by atoms with E-state index in [9.17, 15) is 24.3 Å². The van der Waals surface area contributed by atoms with Crippen LogP contribution in [0.4, 0.5) is 0 Å². The Kier molecular flexibility index (Phi) is 8.96. The second-order valence-electron chi connectivity index (χ2n) is 14.4. The Bertz CT molecular complexity index is 1410. The lowest BCUT2D eigenvalue weighted by Crippen LogP contribution is -2.48. The first-order chi connectivity index (χ1) is 19.9. The second kappa shape index (κ2) is 11.9. The molecule has 2 aromatic rings. The Balaban J connectivity index is 1.64. The average molecular weight is 595 g/mol. The number of ether oxygens (including phenoxy) is 2. The van der Waals surface area contributed by atoms with Crippen LogP contribution in [0.15, 0.2) is 30.5 Å². The Morgan fingerprint density at radius 3 is 2.40 bits per heavy atom. The van der Waals surface area contributed by atoms with Crippen molar-refractivity contribution >= 4 is 34.4 Å². The number of ketones is 1. The molecule has 0 radical (unpaired) electrons. The first-order valence-corrected chi connectivity index (χ1v) is 15.3. The maximum absolute atomic E-state index is 14.3. The molecule has 4 rings (SSSR count). The van der Waals surface area contributed by atoms with Crippen molar-refractivity contribution in [3.05, 3.63) is 36.0 Å². The van der Waals surface area contributed by atoms with Crippen LogP contribution in [0.25, 0.3) is 10.8 Å². The van der Waals surface area contributed by atoms with Gasteiger partial charge in [-0.25, -0.2) is 4.98 Å². The number of aromatic nitrogens is 1. The number of esters is 1. The zero-order valence-electron chi connectivity index (χ0n) is 26.7. The average Bonchev–Trinajstić information content (AvgIpc) is 3.45. The van der Waals surface area contributed by atoms with Crippen molar-refractivity contribution < 1.29 is 33.8 Å². The number of likely N-dealkylation sites (tertiary alicyclic amines) is 1. The molecule has 1 aromatic heterocycles. The van der Waals surface area contributed by atoms with Crippen molar-refractivity contribution in [1.82, 2.24) is 9.88 Å². The lowest BCUT2D eigenvalue weighted by molar-refractivity contribution is -0.161. The molecule has 9 heteroatoms. The number of aliphatic carboxylic acids is 1. The quantitative estimate of drug-likeness (QED) is 0.345. The molecular formula is C34H46N2O7. The van der Waals surface area contributed by atoms with Gasteiger partial charge >= 0.3 is 11.9 Å². The topological polar surface area (TPSA) is 123 Å². The fourth-order valence-corrected chi connectivity index (χ4v) is 6.37. The number of rotatable bonds is 10. The minimum atomic E-state index is -1.09. The maximum atomic E-state index is 14.3. The number of Topliss-reactive ketones (excluding diaryl/α,β-unsaturated/α-hetero) is 1. The van der Waals surface area contributed by atoms with Crippen LogP contribution in [-0.2, 0) is 23.9 Å². The van der Waals surface area contributed by atoms with Crippen LogP contribution >= 0.6 is 0 Å². The van der Waals surface area contributed by atoms with E-state index in [1.54, 1.807) is 27.0 Å². The fourth-order valence-electron chi connectivity index (χ4n) is 6.37. The van der Waals surface area contributed by atoms with Gasteiger partial charge in [-0.3, -0.25) is 19.2 Å². The van der Waals surface area contributed by atoms with Crippen LogP contribution in [-0.4, -0.2) is 62.9 Å². The lowest BCUT2D eigenvalue weighted by atomic mass is 9.77. The summed E-state index contributed by atoms with van der Waals surface area (Å²) >= 11 is 0. The summed E-state index contributed by atoms with van der Waals surface area (Å²) in [4.78, 5) is 59.2. The van der Waals surface area contributed by atoms with E-state index in [1.807, 2.05) is 58.9 Å². The summed E-state index contributed by atoms with van der Waals surface area (Å²) < 4.78 is 11.9. The molecule has 9 nitrogen and oxygen atoms in total. The highest BCUT2D eigenvalue weighted by molar-refractivity contribution is 5.95. The predicted octanol–water partition coefficient (Wildman–Crippen LogP) is 5.75. The molecule has 1 amide bonds. The second-order valence-corrected chi connectivity index (χ2v) is 14.4. The van der Waals surface area contributed by atoms with Gasteiger partial charge in [-0.05, 0) is 63.0 Å². The molecule has 1 saturated carbocycles. The van der Waals surface area contributed by atoms with Crippen LogP contribution in [0.2, 0.25) is 0 Å². The Morgan fingerprint density at radius 2 is 1.81 bits per heavy atom. The van der Waals surface area contributed by atoms with E-state index in [0.29, 0.717) is 18.7 Å². The molecule has 5 atom stereocenters. The molecule has 1 aliphatic heterocycles. The highest BCUT2D eigenvalue weighted by Gasteiger charge is 2.61. The normalized spacial score (nSPS) is 24.5. The van der Waals surface area contributed by atoms with Gasteiger partial charge in [0.2, 0.25) is 11.8 Å². The molecule has 1 N–H and O–H groups in total. The standard InChI is InChI=1S/C34H46N2O7/c1-9-22-17-34(22,31(40)41)18-27(37)26-15-23(42-29-24-11-10-20(2)14-21(24)12-13-35-29)19-36(26)30(39)25(32(3,4)5)16-28(38)43-33(6,7)8/h10-14,22-23,25-26H,9,15-19H2,1-8H3,(H,40,41)/t22-,23-,25-,26+,34-/m1/s1. The predicted molar refractivity (Wildman–Crippen MR) is 163 cm³/mol. The van der Waals surface area contributed by atoms with E-state index in [4.69, 9.17) is 9.47 Å². The molecule has 0 spiro atoms. The van der Waals surface area contributed by atoms with Gasteiger partial charge in [0.25, 0.3) is 0 Å². The number of carbonyl (C=O) groups is 4. The van der Waals surface area contributed by atoms with Crippen LogP contribution in [0.1, 0.15) is 86.1 Å². The van der Waals surface area contributed by atoms with Gasteiger partial charge in [0.15, 0.2) is 5.78 Å². The molecule has 0 bridgehead atoms. The monoisotopic (exact) mass is 594 g/mol. The molecule has 1 aliphatic carbocycles. The SMILES string of the molecule is CC[C@@H]1C[C@]1(CC(=O)[C@@H]1C[C@@H](Oc2nccc3cc(C)ccc23)CN1C(=O)[C@@H](CC(=O)OC(C)(C)C)C(C)(C)C)C(=O)O. The molecular weight excluding hydrogens is 548 g/mol. The number of aryl methyl sites for hydroxylation is 1. The third kappa shape index (κ3) is 7.19. The summed E-state index contributed by atoms with van der Waals surface area (Å²) in [6.45, 7) is 15.0. The highest BCUT2D eigenvalue weighted by atomic mass is 16.6. The van der Waals surface area contributed by atoms with Gasteiger partial charge < -0.3 is 19.5 Å². The van der Waals surface area contributed by atoms with Gasteiger partial charge in [-0.2, -0.15) is 0 Å². The summed E-state index contributed by atoms with van der Waals surface area (Å²) in [6.07, 6.45) is 2.19. The summed E-state index contributed by atoms with van der Waals surface area (Å²) in [6, 6.07) is 6.99. The molecule has 2 aliphatic rings. The number of carbonyl (C=O) groups excluding carboxylic acids is 3. The molecule has 1 aromatic carbocycles. The van der Waals surface area contributed by atoms with E-state index >= 15 is 0 Å². The third-order valence-electron chi connectivity index (χ3n) is 8.85. The first-order valence-electron chi connectivity index (χ1n) is 15.3. The van der Waals surface area contributed by atoms with Gasteiger partial charge in [0.1, 0.15) is 11.7 Å². The molecule has 2 heterocycles. The molecule has 234 valence electrons. The van der Waals surface area contributed by atoms with E-state index in [0.717, 1.165) is 16.3 Å². The van der Waals surface area contributed by atoms with E-state index in [2.05, 4.69) is 4.98 Å². The summed E-state index contributed by atoms with van der Waals surface area (Å²) in [5.74, 6) is -2.49. The van der Waals surface area contributed by atoms with Crippen molar-refractivity contribution in [2.75, 3.05) is 6.54 Å². The minimum Gasteiger partial charge on any atom is -0.481 e. The van der Waals surface area contributed by atoms with Crippen LogP contribution in [0, 0.1) is 29.6 Å². The molecule has 2 fully saturated rings. The number of amides is 1. The molecule has 0 unspecified atom stereocenters. The minimum absolute atomic E-state index is 0.0654. The number of benzene rings is 1. The van der Waals surface area contributed by atoms with Gasteiger partial charge in [-0.15, -0.1) is 0 Å². The Hall–Kier alpha value is -3.49. The summed E-state index contributed by atoms with van der Waals surface area (Å²) in [5, 5.41) is 11.8. The lowest BCUT2D eigenvalue weighted by Gasteiger charge is -2.35. The summed E-state index contributed by atoms with van der Waals surface area (Å²) in [7, 11) is 0. The number of hydrogen-bond donors (Lipinski definition) is 1. The largest absolute Gasteiger partial charge is 0.481 e. The number of pyridine rings is 1. The number of carboxylic acid groups (broad SMARTS) is 1. The number of hydrogen-bond acceptors (Lipinski definition) is 7. The van der Waals surface area contributed by atoms with Crippen molar-refractivity contribution in [3.63, 3.8) is 0 Å². The van der Waals surface area contributed by atoms with E-state index < -0.39 is 46.4 Å². The van der Waals surface area contributed by atoms with E-state index in [1.165, 1.54) is 4.90 Å². The zero-order chi connectivity index (χ0) is 31.9. The Labute approximate surface area is 254 Å². The van der Waals surface area contributed by atoms with Gasteiger partial charge in [0, 0.05) is 24.4 Å². The van der Waals surface area contributed by atoms with E-state index in [-0.39, 0.29) is 43.4 Å². The third-order valence-corrected chi connectivity index (χ3v) is 8.85. The highest BCUT2D eigenvalue weighted by Crippen LogP contribution is 2.57. The Morgan fingerprint density at radius 1 is 1.12 bits per heavy atom. The van der Waals surface area contributed by atoms with Crippen molar-refractivity contribution in [2.45, 2.75) is 105 Å². The van der Waals surface area contributed by atoms with Crippen molar-refractivity contribution in [1.29, 1.82) is 0 Å². The van der Waals surface area contributed by atoms with Crippen molar-refractivity contribution in [3.8, 4) is 5.88 Å².